The highest BCUT2D eigenvalue weighted by Gasteiger charge is 2.22. The SMILES string of the molecule is CCCn1c(NCc2ccc(C)cc2)nc2nc(C3CCCC3)[nH]c2c1=O. The number of nitrogens with zero attached hydrogens (tertiary/aromatic N) is 3. The van der Waals surface area contributed by atoms with Crippen molar-refractivity contribution < 1.29 is 0 Å². The summed E-state index contributed by atoms with van der Waals surface area (Å²) in [6.07, 6.45) is 5.62. The van der Waals surface area contributed by atoms with Crippen LogP contribution in [0.4, 0.5) is 5.95 Å². The van der Waals surface area contributed by atoms with Gasteiger partial charge in [-0.15, -0.1) is 0 Å². The van der Waals surface area contributed by atoms with E-state index in [1.165, 1.54) is 18.4 Å². The Labute approximate surface area is 159 Å². The summed E-state index contributed by atoms with van der Waals surface area (Å²) in [5.41, 5.74) is 3.42. The molecule has 2 aromatic heterocycles. The maximum atomic E-state index is 13.0. The van der Waals surface area contributed by atoms with E-state index in [0.29, 0.717) is 36.1 Å². The number of hydrogen-bond acceptors (Lipinski definition) is 4. The van der Waals surface area contributed by atoms with Crippen molar-refractivity contribution >= 4 is 17.1 Å². The van der Waals surface area contributed by atoms with E-state index in [9.17, 15) is 4.79 Å². The van der Waals surface area contributed by atoms with Gasteiger partial charge in [-0.3, -0.25) is 9.36 Å². The van der Waals surface area contributed by atoms with E-state index >= 15 is 0 Å². The van der Waals surface area contributed by atoms with Crippen molar-refractivity contribution in [2.45, 2.75) is 65.0 Å². The predicted octanol–water partition coefficient (Wildman–Crippen LogP) is 4.11. The van der Waals surface area contributed by atoms with Crippen LogP contribution in [0.1, 0.15) is 61.9 Å². The van der Waals surface area contributed by atoms with Crippen molar-refractivity contribution in [2.75, 3.05) is 5.32 Å². The number of imidazole rings is 1. The lowest BCUT2D eigenvalue weighted by Crippen LogP contribution is -2.25. The zero-order valence-electron chi connectivity index (χ0n) is 16.1. The number of aromatic nitrogens is 4. The second-order valence-corrected chi connectivity index (χ2v) is 7.53. The molecule has 1 fully saturated rings. The number of nitrogens with one attached hydrogen (secondary N) is 2. The molecular formula is C21H27N5O. The molecule has 6 heteroatoms. The highest BCUT2D eigenvalue weighted by Crippen LogP contribution is 2.32. The Morgan fingerprint density at radius 1 is 1.19 bits per heavy atom. The summed E-state index contributed by atoms with van der Waals surface area (Å²) in [5, 5.41) is 3.34. The molecule has 0 aliphatic heterocycles. The molecule has 0 atom stereocenters. The molecule has 2 heterocycles. The van der Waals surface area contributed by atoms with Crippen LogP contribution in [-0.2, 0) is 13.1 Å². The molecule has 0 spiro atoms. The van der Waals surface area contributed by atoms with Gasteiger partial charge in [0.05, 0.1) is 0 Å². The molecule has 0 saturated heterocycles. The number of aryl methyl sites for hydroxylation is 1. The van der Waals surface area contributed by atoms with Gasteiger partial charge in [0.2, 0.25) is 5.95 Å². The summed E-state index contributed by atoms with van der Waals surface area (Å²) in [6, 6.07) is 8.37. The van der Waals surface area contributed by atoms with Gasteiger partial charge in [0, 0.05) is 19.0 Å². The molecule has 142 valence electrons. The van der Waals surface area contributed by atoms with E-state index < -0.39 is 0 Å². The molecule has 0 amide bonds. The zero-order valence-corrected chi connectivity index (χ0v) is 16.1. The molecule has 1 aromatic carbocycles. The maximum Gasteiger partial charge on any atom is 0.280 e. The molecule has 0 bridgehead atoms. The quantitative estimate of drug-likeness (QED) is 0.689. The lowest BCUT2D eigenvalue weighted by atomic mass is 10.1. The first-order valence-electron chi connectivity index (χ1n) is 9.95. The predicted molar refractivity (Wildman–Crippen MR) is 108 cm³/mol. The maximum absolute atomic E-state index is 13.0. The molecule has 27 heavy (non-hydrogen) atoms. The standard InChI is InChI=1S/C21H27N5O/c1-3-12-26-20(27)17-19(24-18(23-17)16-6-4-5-7-16)25-21(26)22-13-15-10-8-14(2)9-11-15/h8-11,16H,3-7,12-13H2,1-2H3,(H,22,25)(H,23,24). The second kappa shape index (κ2) is 7.55. The van der Waals surface area contributed by atoms with Crippen molar-refractivity contribution in [3.63, 3.8) is 0 Å². The number of benzene rings is 1. The summed E-state index contributed by atoms with van der Waals surface area (Å²) in [6.45, 7) is 5.40. The molecule has 3 aromatic rings. The minimum Gasteiger partial charge on any atom is -0.351 e. The first-order valence-corrected chi connectivity index (χ1v) is 9.95. The zero-order chi connectivity index (χ0) is 18.8. The number of aromatic amines is 1. The van der Waals surface area contributed by atoms with Gasteiger partial charge in [0.1, 0.15) is 5.82 Å². The lowest BCUT2D eigenvalue weighted by Gasteiger charge is -2.13. The van der Waals surface area contributed by atoms with Gasteiger partial charge < -0.3 is 10.3 Å². The van der Waals surface area contributed by atoms with Crippen molar-refractivity contribution in [1.82, 2.24) is 19.5 Å². The van der Waals surface area contributed by atoms with Gasteiger partial charge >= 0.3 is 0 Å². The van der Waals surface area contributed by atoms with E-state index in [1.807, 2.05) is 0 Å². The van der Waals surface area contributed by atoms with Gasteiger partial charge in [-0.1, -0.05) is 49.6 Å². The van der Waals surface area contributed by atoms with E-state index in [2.05, 4.69) is 58.4 Å². The van der Waals surface area contributed by atoms with Gasteiger partial charge in [0.15, 0.2) is 11.2 Å². The molecule has 1 saturated carbocycles. The van der Waals surface area contributed by atoms with Crippen molar-refractivity contribution in [2.24, 2.45) is 0 Å². The van der Waals surface area contributed by atoms with Gasteiger partial charge in [-0.2, -0.15) is 4.98 Å². The topological polar surface area (TPSA) is 75.6 Å². The number of rotatable bonds is 6. The van der Waals surface area contributed by atoms with Crippen LogP contribution >= 0.6 is 0 Å². The third kappa shape index (κ3) is 3.61. The molecule has 0 radical (unpaired) electrons. The number of hydrogen-bond donors (Lipinski definition) is 2. The number of H-pyrrole nitrogens is 1. The van der Waals surface area contributed by atoms with Crippen molar-refractivity contribution in [3.8, 4) is 0 Å². The summed E-state index contributed by atoms with van der Waals surface area (Å²) in [7, 11) is 0. The van der Waals surface area contributed by atoms with Gasteiger partial charge in [-0.05, 0) is 31.7 Å². The van der Waals surface area contributed by atoms with E-state index in [-0.39, 0.29) is 5.56 Å². The Bertz CT molecular complexity index is 980. The fraction of sp³-hybridized carbons (Fsp3) is 0.476. The second-order valence-electron chi connectivity index (χ2n) is 7.53. The fourth-order valence-electron chi connectivity index (χ4n) is 3.85. The fourth-order valence-corrected chi connectivity index (χ4v) is 3.85. The normalized spacial score (nSPS) is 14.9. The molecule has 4 rings (SSSR count). The molecule has 6 nitrogen and oxygen atoms in total. The third-order valence-corrected chi connectivity index (χ3v) is 5.39. The Morgan fingerprint density at radius 3 is 2.63 bits per heavy atom. The molecule has 1 aliphatic rings. The molecule has 0 unspecified atom stereocenters. The largest absolute Gasteiger partial charge is 0.351 e. The first-order chi connectivity index (χ1) is 13.2. The average Bonchev–Trinajstić information content (AvgIpc) is 3.33. The van der Waals surface area contributed by atoms with Crippen molar-refractivity contribution in [3.05, 3.63) is 51.6 Å². The van der Waals surface area contributed by atoms with Gasteiger partial charge in [-0.25, -0.2) is 4.98 Å². The first kappa shape index (κ1) is 17.8. The summed E-state index contributed by atoms with van der Waals surface area (Å²) in [4.78, 5) is 25.7. The average molecular weight is 365 g/mol. The van der Waals surface area contributed by atoms with Crippen LogP contribution in [0.15, 0.2) is 29.1 Å². The number of anilines is 1. The van der Waals surface area contributed by atoms with Crippen LogP contribution in [0.2, 0.25) is 0 Å². The molecule has 2 N–H and O–H groups in total. The van der Waals surface area contributed by atoms with Crippen LogP contribution in [0.25, 0.3) is 11.2 Å². The van der Waals surface area contributed by atoms with E-state index in [1.54, 1.807) is 4.57 Å². The third-order valence-electron chi connectivity index (χ3n) is 5.39. The molecule has 1 aliphatic carbocycles. The van der Waals surface area contributed by atoms with Crippen LogP contribution in [0, 0.1) is 6.92 Å². The van der Waals surface area contributed by atoms with Crippen LogP contribution in [-0.4, -0.2) is 19.5 Å². The lowest BCUT2D eigenvalue weighted by molar-refractivity contribution is 0.651. The number of fused-ring (bicyclic) bond motifs is 1. The van der Waals surface area contributed by atoms with Crippen LogP contribution in [0.5, 0.6) is 0 Å². The summed E-state index contributed by atoms with van der Waals surface area (Å²) in [5.74, 6) is 1.95. The minimum atomic E-state index is -0.0370. The Morgan fingerprint density at radius 2 is 1.93 bits per heavy atom. The summed E-state index contributed by atoms with van der Waals surface area (Å²) >= 11 is 0. The van der Waals surface area contributed by atoms with Crippen LogP contribution in [0.3, 0.4) is 0 Å². The molecular weight excluding hydrogens is 338 g/mol. The summed E-state index contributed by atoms with van der Waals surface area (Å²) < 4.78 is 1.73. The van der Waals surface area contributed by atoms with Gasteiger partial charge in [0.25, 0.3) is 5.56 Å². The van der Waals surface area contributed by atoms with E-state index in [0.717, 1.165) is 30.7 Å². The Balaban J connectivity index is 1.68. The highest BCUT2D eigenvalue weighted by atomic mass is 16.1. The monoisotopic (exact) mass is 365 g/mol. The van der Waals surface area contributed by atoms with Crippen molar-refractivity contribution in [1.29, 1.82) is 0 Å². The Hall–Kier alpha value is -2.63. The van der Waals surface area contributed by atoms with E-state index in [4.69, 9.17) is 0 Å². The Kier molecular flexibility index (Phi) is 4.97. The minimum absolute atomic E-state index is 0.0370. The highest BCUT2D eigenvalue weighted by molar-refractivity contribution is 5.71. The van der Waals surface area contributed by atoms with Crippen LogP contribution < -0.4 is 10.9 Å². The smallest absolute Gasteiger partial charge is 0.280 e.